The van der Waals surface area contributed by atoms with Crippen LogP contribution in [0.5, 0.6) is 0 Å². The molecule has 1 saturated carbocycles. The molecular formula is C25H16ClF6N5O. The molecule has 196 valence electrons. The molecular weight excluding hydrogens is 536 g/mol. The molecule has 2 aromatic heterocycles. The van der Waals surface area contributed by atoms with E-state index in [4.69, 9.17) is 11.6 Å². The third-order valence-electron chi connectivity index (χ3n) is 6.02. The maximum absolute atomic E-state index is 13.3. The molecule has 1 aliphatic carbocycles. The van der Waals surface area contributed by atoms with Crippen LogP contribution in [0.1, 0.15) is 57.2 Å². The summed E-state index contributed by atoms with van der Waals surface area (Å²) in [6.45, 7) is -0.396. The van der Waals surface area contributed by atoms with Crippen LogP contribution in [0.15, 0.2) is 55.0 Å². The molecule has 0 amide bonds. The first-order valence-corrected chi connectivity index (χ1v) is 11.6. The van der Waals surface area contributed by atoms with E-state index in [1.165, 1.54) is 23.3 Å². The van der Waals surface area contributed by atoms with Crippen LogP contribution >= 0.6 is 11.6 Å². The molecule has 0 atom stereocenters. The standard InChI is InChI=1S/C25H16ClF6N5O/c26-19-4-2-1-3-17(19)23(38)21-18(10-33-12-34-21)20-22(14-5-6-14)37(36-35-20)11-13-7-15(24(27,28)29)9-16(8-13)25(30,31)32/h1-4,7-10,12,14H,5-6,11H2. The molecule has 0 spiro atoms. The molecule has 2 heterocycles. The average molecular weight is 552 g/mol. The first-order chi connectivity index (χ1) is 17.9. The van der Waals surface area contributed by atoms with E-state index in [-0.39, 0.29) is 45.1 Å². The SMILES string of the molecule is O=C(c1ccccc1Cl)c1ncncc1-c1nnn(Cc2cc(C(F)(F)F)cc(C(F)(F)F)c2)c1C1CC1. The van der Waals surface area contributed by atoms with Crippen molar-refractivity contribution in [2.45, 2.75) is 37.7 Å². The van der Waals surface area contributed by atoms with Gasteiger partial charge in [0.25, 0.3) is 0 Å². The largest absolute Gasteiger partial charge is 0.416 e. The highest BCUT2D eigenvalue weighted by Gasteiger charge is 2.38. The lowest BCUT2D eigenvalue weighted by molar-refractivity contribution is -0.143. The maximum atomic E-state index is 13.3. The van der Waals surface area contributed by atoms with Crippen molar-refractivity contribution in [3.05, 3.63) is 93.7 Å². The summed E-state index contributed by atoms with van der Waals surface area (Å²) < 4.78 is 81.4. The van der Waals surface area contributed by atoms with Crippen LogP contribution in [0.3, 0.4) is 0 Å². The van der Waals surface area contributed by atoms with Crippen LogP contribution in [-0.4, -0.2) is 30.7 Å². The number of nitrogens with zero attached hydrogens (tertiary/aromatic N) is 5. The Morgan fingerprint density at radius 2 is 1.66 bits per heavy atom. The molecule has 13 heteroatoms. The second kappa shape index (κ2) is 9.50. The summed E-state index contributed by atoms with van der Waals surface area (Å²) in [6.07, 6.45) is -5.99. The third kappa shape index (κ3) is 5.13. The van der Waals surface area contributed by atoms with Gasteiger partial charge in [0.2, 0.25) is 5.78 Å². The molecule has 1 aliphatic rings. The first-order valence-electron chi connectivity index (χ1n) is 11.2. The van der Waals surface area contributed by atoms with Gasteiger partial charge in [-0.15, -0.1) is 5.10 Å². The minimum atomic E-state index is -4.97. The smallest absolute Gasteiger partial charge is 0.287 e. The Kier molecular flexibility index (Phi) is 6.46. The summed E-state index contributed by atoms with van der Waals surface area (Å²) in [4.78, 5) is 21.4. The van der Waals surface area contributed by atoms with Crippen LogP contribution in [-0.2, 0) is 18.9 Å². The fourth-order valence-corrected chi connectivity index (χ4v) is 4.35. The highest BCUT2D eigenvalue weighted by Crippen LogP contribution is 2.44. The zero-order valence-corrected chi connectivity index (χ0v) is 19.9. The van der Waals surface area contributed by atoms with Gasteiger partial charge in [-0.05, 0) is 48.7 Å². The number of hydrogen-bond acceptors (Lipinski definition) is 5. The number of benzene rings is 2. The number of alkyl halides is 6. The predicted octanol–water partition coefficient (Wildman–Crippen LogP) is 6.58. The van der Waals surface area contributed by atoms with Gasteiger partial charge in [-0.2, -0.15) is 26.3 Å². The molecule has 1 fully saturated rings. The average Bonchev–Trinajstić information content (AvgIpc) is 3.62. The Balaban J connectivity index is 1.58. The Hall–Kier alpha value is -3.80. The van der Waals surface area contributed by atoms with Gasteiger partial charge in [-0.25, -0.2) is 14.6 Å². The van der Waals surface area contributed by atoms with Gasteiger partial charge >= 0.3 is 12.4 Å². The molecule has 5 rings (SSSR count). The van der Waals surface area contributed by atoms with Crippen molar-refractivity contribution >= 4 is 17.4 Å². The van der Waals surface area contributed by atoms with E-state index >= 15 is 0 Å². The topological polar surface area (TPSA) is 73.6 Å². The van der Waals surface area contributed by atoms with E-state index in [1.54, 1.807) is 18.2 Å². The zero-order chi connectivity index (χ0) is 27.2. The minimum absolute atomic E-state index is 0.0134. The molecule has 0 bridgehead atoms. The zero-order valence-electron chi connectivity index (χ0n) is 19.2. The fraction of sp³-hybridized carbons (Fsp3) is 0.240. The molecule has 4 aromatic rings. The number of ketones is 1. The van der Waals surface area contributed by atoms with Gasteiger partial charge in [0.05, 0.1) is 34.0 Å². The minimum Gasteiger partial charge on any atom is -0.287 e. The van der Waals surface area contributed by atoms with Gasteiger partial charge in [-0.1, -0.05) is 28.9 Å². The second-order valence-electron chi connectivity index (χ2n) is 8.76. The van der Waals surface area contributed by atoms with E-state index in [1.807, 2.05) is 0 Å². The summed E-state index contributed by atoms with van der Waals surface area (Å²) in [5.41, 5.74) is -1.98. The predicted molar refractivity (Wildman–Crippen MR) is 123 cm³/mol. The quantitative estimate of drug-likeness (QED) is 0.200. The van der Waals surface area contributed by atoms with Crippen molar-refractivity contribution in [1.29, 1.82) is 0 Å². The Bertz CT molecular complexity index is 1500. The lowest BCUT2D eigenvalue weighted by Gasteiger charge is -2.15. The second-order valence-corrected chi connectivity index (χ2v) is 9.17. The highest BCUT2D eigenvalue weighted by molar-refractivity contribution is 6.35. The van der Waals surface area contributed by atoms with Crippen LogP contribution in [0.25, 0.3) is 11.3 Å². The molecule has 0 N–H and O–H groups in total. The molecule has 0 radical (unpaired) electrons. The number of aromatic nitrogens is 5. The maximum Gasteiger partial charge on any atom is 0.416 e. The van der Waals surface area contributed by atoms with Crippen LogP contribution in [0, 0.1) is 0 Å². The van der Waals surface area contributed by atoms with E-state index < -0.39 is 35.8 Å². The van der Waals surface area contributed by atoms with Crippen LogP contribution < -0.4 is 0 Å². The normalized spacial score (nSPS) is 14.1. The summed E-state index contributed by atoms with van der Waals surface area (Å²) >= 11 is 6.19. The summed E-state index contributed by atoms with van der Waals surface area (Å²) in [5, 5.41) is 8.39. The lowest BCUT2D eigenvalue weighted by Crippen LogP contribution is -2.14. The number of carbonyl (C=O) groups excluding carboxylic acids is 1. The van der Waals surface area contributed by atoms with Crippen molar-refractivity contribution in [2.24, 2.45) is 0 Å². The van der Waals surface area contributed by atoms with Gasteiger partial charge in [0.1, 0.15) is 17.7 Å². The van der Waals surface area contributed by atoms with Crippen molar-refractivity contribution in [3.63, 3.8) is 0 Å². The van der Waals surface area contributed by atoms with Crippen molar-refractivity contribution in [2.75, 3.05) is 0 Å². The Labute approximate surface area is 216 Å². The number of halogens is 7. The van der Waals surface area contributed by atoms with E-state index in [0.29, 0.717) is 30.7 Å². The lowest BCUT2D eigenvalue weighted by atomic mass is 10.0. The Morgan fingerprint density at radius 1 is 1.00 bits per heavy atom. The van der Waals surface area contributed by atoms with E-state index in [9.17, 15) is 31.1 Å². The van der Waals surface area contributed by atoms with Crippen molar-refractivity contribution < 1.29 is 31.1 Å². The van der Waals surface area contributed by atoms with Crippen LogP contribution in [0.2, 0.25) is 5.02 Å². The number of hydrogen-bond donors (Lipinski definition) is 0. The Morgan fingerprint density at radius 3 is 2.26 bits per heavy atom. The molecule has 38 heavy (non-hydrogen) atoms. The van der Waals surface area contributed by atoms with Crippen molar-refractivity contribution in [1.82, 2.24) is 25.0 Å². The monoisotopic (exact) mass is 551 g/mol. The molecule has 6 nitrogen and oxygen atoms in total. The van der Waals surface area contributed by atoms with E-state index in [2.05, 4.69) is 20.3 Å². The molecule has 0 aliphatic heterocycles. The van der Waals surface area contributed by atoms with E-state index in [0.717, 1.165) is 0 Å². The molecule has 0 saturated heterocycles. The third-order valence-corrected chi connectivity index (χ3v) is 6.35. The molecule has 0 unspecified atom stereocenters. The number of rotatable bonds is 6. The highest BCUT2D eigenvalue weighted by atomic mass is 35.5. The first kappa shape index (κ1) is 25.8. The number of carbonyl (C=O) groups is 1. The van der Waals surface area contributed by atoms with Gasteiger partial charge < -0.3 is 0 Å². The van der Waals surface area contributed by atoms with Gasteiger partial charge in [0, 0.05) is 17.7 Å². The molecule has 2 aromatic carbocycles. The van der Waals surface area contributed by atoms with Gasteiger partial charge in [0.15, 0.2) is 0 Å². The van der Waals surface area contributed by atoms with Crippen LogP contribution in [0.4, 0.5) is 26.3 Å². The fourth-order valence-electron chi connectivity index (χ4n) is 4.13. The summed E-state index contributed by atoms with van der Waals surface area (Å²) in [5.74, 6) is -0.603. The van der Waals surface area contributed by atoms with Crippen molar-refractivity contribution in [3.8, 4) is 11.3 Å². The van der Waals surface area contributed by atoms with Gasteiger partial charge in [-0.3, -0.25) is 4.79 Å². The summed E-state index contributed by atoms with van der Waals surface area (Å²) in [7, 11) is 0. The summed E-state index contributed by atoms with van der Waals surface area (Å²) in [6, 6.07) is 7.76.